The molecular weight excluding hydrogens is 244 g/mol. The van der Waals surface area contributed by atoms with E-state index in [0.717, 1.165) is 23.7 Å². The summed E-state index contributed by atoms with van der Waals surface area (Å²) in [7, 11) is 0. The van der Waals surface area contributed by atoms with Gasteiger partial charge in [-0.2, -0.15) is 0 Å². The Kier molecular flexibility index (Phi) is 5.53. The van der Waals surface area contributed by atoms with E-state index in [2.05, 4.69) is 27.7 Å². The highest BCUT2D eigenvalue weighted by Gasteiger charge is 2.35. The monoisotopic (exact) mass is 280 g/mol. The van der Waals surface area contributed by atoms with Gasteiger partial charge < -0.3 is 11.5 Å². The Hall–Kier alpha value is -0.0800. The fraction of sp³-hybridized carbons (Fsp3) is 1.00. The molecule has 2 rings (SSSR count). The van der Waals surface area contributed by atoms with E-state index in [9.17, 15) is 0 Å². The van der Waals surface area contributed by atoms with Crippen LogP contribution in [-0.2, 0) is 0 Å². The van der Waals surface area contributed by atoms with Crippen LogP contribution in [0, 0.1) is 35.5 Å². The molecule has 118 valence electrons. The van der Waals surface area contributed by atoms with Gasteiger partial charge in [0.15, 0.2) is 0 Å². The maximum Gasteiger partial charge on any atom is 0.00647 e. The lowest BCUT2D eigenvalue weighted by atomic mass is 9.65. The van der Waals surface area contributed by atoms with Gasteiger partial charge in [0.05, 0.1) is 0 Å². The van der Waals surface area contributed by atoms with Crippen molar-refractivity contribution in [3.8, 4) is 0 Å². The molecule has 2 fully saturated rings. The Labute approximate surface area is 126 Å². The van der Waals surface area contributed by atoms with E-state index in [-0.39, 0.29) is 0 Å². The van der Waals surface area contributed by atoms with Gasteiger partial charge in [0.1, 0.15) is 0 Å². The molecule has 0 radical (unpaired) electrons. The summed E-state index contributed by atoms with van der Waals surface area (Å²) in [5, 5.41) is 0. The van der Waals surface area contributed by atoms with Crippen molar-refractivity contribution in [1.82, 2.24) is 0 Å². The van der Waals surface area contributed by atoms with Crippen LogP contribution in [0.3, 0.4) is 0 Å². The normalized spacial score (nSPS) is 45.9. The Morgan fingerprint density at radius 2 is 1.05 bits per heavy atom. The van der Waals surface area contributed by atoms with Crippen LogP contribution >= 0.6 is 0 Å². The van der Waals surface area contributed by atoms with Gasteiger partial charge >= 0.3 is 0 Å². The molecule has 8 unspecified atom stereocenters. The molecule has 0 amide bonds. The molecule has 2 aliphatic rings. The Bertz CT molecular complexity index is 274. The summed E-state index contributed by atoms with van der Waals surface area (Å²) in [6.07, 6.45) is 7.84. The van der Waals surface area contributed by atoms with Gasteiger partial charge in [-0.3, -0.25) is 0 Å². The van der Waals surface area contributed by atoms with Crippen molar-refractivity contribution in [3.05, 3.63) is 0 Å². The van der Waals surface area contributed by atoms with Gasteiger partial charge in [0.25, 0.3) is 0 Å². The molecule has 0 saturated heterocycles. The molecule has 0 aromatic heterocycles. The Morgan fingerprint density at radius 3 is 1.35 bits per heavy atom. The molecule has 2 heteroatoms. The zero-order valence-electron chi connectivity index (χ0n) is 14.0. The first-order valence-corrected chi connectivity index (χ1v) is 8.91. The van der Waals surface area contributed by atoms with Crippen molar-refractivity contribution in [2.45, 2.75) is 78.3 Å². The first kappa shape index (κ1) is 16.3. The summed E-state index contributed by atoms with van der Waals surface area (Å²) in [5.74, 6) is 4.90. The molecule has 0 aliphatic heterocycles. The van der Waals surface area contributed by atoms with E-state index in [0.29, 0.717) is 23.9 Å². The third kappa shape index (κ3) is 3.57. The van der Waals surface area contributed by atoms with Crippen LogP contribution in [0.4, 0.5) is 0 Å². The second-order valence-electron chi connectivity index (χ2n) is 8.15. The van der Waals surface area contributed by atoms with Gasteiger partial charge in [0, 0.05) is 12.1 Å². The number of hydrogen-bond acceptors (Lipinski definition) is 2. The quantitative estimate of drug-likeness (QED) is 0.826. The van der Waals surface area contributed by atoms with Crippen LogP contribution in [0.15, 0.2) is 0 Å². The molecule has 4 N–H and O–H groups in total. The van der Waals surface area contributed by atoms with Gasteiger partial charge in [0.2, 0.25) is 0 Å². The summed E-state index contributed by atoms with van der Waals surface area (Å²) in [5.41, 5.74) is 12.4. The van der Waals surface area contributed by atoms with E-state index in [1.165, 1.54) is 38.5 Å². The highest BCUT2D eigenvalue weighted by molar-refractivity contribution is 4.88. The smallest absolute Gasteiger partial charge is 0.00647 e. The molecule has 0 aromatic carbocycles. The van der Waals surface area contributed by atoms with E-state index in [1.807, 2.05) is 0 Å². The fourth-order valence-electron chi connectivity index (χ4n) is 4.74. The van der Waals surface area contributed by atoms with E-state index in [1.54, 1.807) is 0 Å². The van der Waals surface area contributed by atoms with E-state index in [4.69, 9.17) is 11.5 Å². The standard InChI is InChI=1S/C18H36N2/c1-11-9-15(5-7-17(11)19)13(3)14(4)16-6-8-18(20)12(2)10-16/h11-18H,5-10,19-20H2,1-4H3. The molecule has 20 heavy (non-hydrogen) atoms. The van der Waals surface area contributed by atoms with Gasteiger partial charge in [-0.1, -0.05) is 27.7 Å². The zero-order valence-corrected chi connectivity index (χ0v) is 14.0. The Balaban J connectivity index is 1.90. The van der Waals surface area contributed by atoms with Crippen LogP contribution in [0.25, 0.3) is 0 Å². The van der Waals surface area contributed by atoms with Crippen molar-refractivity contribution in [2.24, 2.45) is 47.0 Å². The fourth-order valence-corrected chi connectivity index (χ4v) is 4.74. The number of rotatable bonds is 3. The SMILES string of the molecule is CC1CC(C(C)C(C)C2CCC(N)C(C)C2)CCC1N. The molecule has 0 heterocycles. The maximum atomic E-state index is 6.18. The zero-order chi connectivity index (χ0) is 14.9. The first-order valence-electron chi connectivity index (χ1n) is 8.91. The van der Waals surface area contributed by atoms with Crippen LogP contribution in [0.1, 0.15) is 66.2 Å². The second-order valence-corrected chi connectivity index (χ2v) is 8.15. The van der Waals surface area contributed by atoms with Crippen LogP contribution in [0.2, 0.25) is 0 Å². The van der Waals surface area contributed by atoms with Crippen molar-refractivity contribution < 1.29 is 0 Å². The molecule has 0 aromatic rings. The van der Waals surface area contributed by atoms with Gasteiger partial charge in [-0.25, -0.2) is 0 Å². The summed E-state index contributed by atoms with van der Waals surface area (Å²) in [6.45, 7) is 9.68. The minimum absolute atomic E-state index is 0.446. The van der Waals surface area contributed by atoms with Crippen molar-refractivity contribution in [2.75, 3.05) is 0 Å². The third-order valence-electron chi connectivity index (χ3n) is 6.87. The summed E-state index contributed by atoms with van der Waals surface area (Å²) >= 11 is 0. The van der Waals surface area contributed by atoms with Crippen LogP contribution in [0.5, 0.6) is 0 Å². The molecule has 2 saturated carbocycles. The van der Waals surface area contributed by atoms with E-state index >= 15 is 0 Å². The molecule has 2 nitrogen and oxygen atoms in total. The lowest BCUT2D eigenvalue weighted by molar-refractivity contribution is 0.0941. The average molecular weight is 280 g/mol. The molecule has 2 aliphatic carbocycles. The van der Waals surface area contributed by atoms with Crippen molar-refractivity contribution >= 4 is 0 Å². The van der Waals surface area contributed by atoms with Crippen LogP contribution < -0.4 is 11.5 Å². The van der Waals surface area contributed by atoms with Crippen molar-refractivity contribution in [3.63, 3.8) is 0 Å². The maximum absolute atomic E-state index is 6.18. The number of nitrogens with two attached hydrogens (primary N) is 2. The predicted octanol–water partition coefficient (Wildman–Crippen LogP) is 3.79. The number of hydrogen-bond donors (Lipinski definition) is 2. The first-order chi connectivity index (χ1) is 9.40. The molecular formula is C18H36N2. The summed E-state index contributed by atoms with van der Waals surface area (Å²) < 4.78 is 0. The predicted molar refractivity (Wildman–Crippen MR) is 87.3 cm³/mol. The van der Waals surface area contributed by atoms with Gasteiger partial charge in [-0.15, -0.1) is 0 Å². The summed E-state index contributed by atoms with van der Waals surface area (Å²) in [4.78, 5) is 0. The third-order valence-corrected chi connectivity index (χ3v) is 6.87. The van der Waals surface area contributed by atoms with Crippen LogP contribution in [-0.4, -0.2) is 12.1 Å². The lowest BCUT2D eigenvalue weighted by Crippen LogP contribution is -2.40. The topological polar surface area (TPSA) is 52.0 Å². The highest BCUT2D eigenvalue weighted by atomic mass is 14.7. The molecule has 0 bridgehead atoms. The van der Waals surface area contributed by atoms with E-state index < -0.39 is 0 Å². The lowest BCUT2D eigenvalue weighted by Gasteiger charge is -2.42. The molecule has 0 spiro atoms. The minimum Gasteiger partial charge on any atom is -0.327 e. The van der Waals surface area contributed by atoms with Crippen molar-refractivity contribution in [1.29, 1.82) is 0 Å². The van der Waals surface area contributed by atoms with Gasteiger partial charge in [-0.05, 0) is 74.0 Å². The average Bonchev–Trinajstić information content (AvgIpc) is 2.43. The second kappa shape index (κ2) is 6.79. The summed E-state index contributed by atoms with van der Waals surface area (Å²) in [6, 6.07) is 0.892. The molecule has 8 atom stereocenters. The Morgan fingerprint density at radius 1 is 0.700 bits per heavy atom. The highest BCUT2D eigenvalue weighted by Crippen LogP contribution is 2.42. The largest absolute Gasteiger partial charge is 0.327 e. The minimum atomic E-state index is 0.446.